The lowest BCUT2D eigenvalue weighted by molar-refractivity contribution is 0.569. The quantitative estimate of drug-likeness (QED) is 0.506. The Morgan fingerprint density at radius 1 is 1.23 bits per heavy atom. The molecular weight excluding hydrogens is 301 g/mol. The molecule has 0 aliphatic rings. The van der Waals surface area contributed by atoms with Crippen molar-refractivity contribution in [3.8, 4) is 11.6 Å². The number of nitrogens with zero attached hydrogens (tertiary/aromatic N) is 3. The molecule has 0 atom stereocenters. The molecule has 0 saturated carbocycles. The van der Waals surface area contributed by atoms with E-state index in [0.29, 0.717) is 23.9 Å². The van der Waals surface area contributed by atoms with Gasteiger partial charge in [-0.1, -0.05) is 30.0 Å². The molecule has 6 heteroatoms. The van der Waals surface area contributed by atoms with Gasteiger partial charge in [-0.2, -0.15) is 0 Å². The summed E-state index contributed by atoms with van der Waals surface area (Å²) in [4.78, 5) is 0. The van der Waals surface area contributed by atoms with Crippen LogP contribution in [0.3, 0.4) is 0 Å². The molecule has 3 rings (SSSR count). The van der Waals surface area contributed by atoms with Crippen LogP contribution in [0.15, 0.2) is 64.9 Å². The first-order valence-electron chi connectivity index (χ1n) is 6.73. The van der Waals surface area contributed by atoms with Gasteiger partial charge >= 0.3 is 0 Å². The first-order valence-corrected chi connectivity index (χ1v) is 7.71. The summed E-state index contributed by atoms with van der Waals surface area (Å²) >= 11 is 1.54. The fraction of sp³-hybridized carbons (Fsp3) is 0.125. The molecule has 0 saturated heterocycles. The summed E-state index contributed by atoms with van der Waals surface area (Å²) in [5.41, 5.74) is 1.03. The second kappa shape index (κ2) is 6.62. The smallest absolute Gasteiger partial charge is 0.200 e. The van der Waals surface area contributed by atoms with Crippen molar-refractivity contribution in [2.75, 3.05) is 0 Å². The lowest BCUT2D eigenvalue weighted by atomic mass is 10.2. The van der Waals surface area contributed by atoms with Gasteiger partial charge in [0, 0.05) is 12.3 Å². The number of hydrogen-bond donors (Lipinski definition) is 0. The molecule has 2 aromatic heterocycles. The van der Waals surface area contributed by atoms with Gasteiger partial charge in [0.1, 0.15) is 5.82 Å². The van der Waals surface area contributed by atoms with E-state index in [0.717, 1.165) is 10.7 Å². The Morgan fingerprint density at radius 3 is 2.73 bits per heavy atom. The van der Waals surface area contributed by atoms with E-state index in [4.69, 9.17) is 4.42 Å². The van der Waals surface area contributed by atoms with Crippen molar-refractivity contribution >= 4 is 11.8 Å². The van der Waals surface area contributed by atoms with Crippen LogP contribution in [0.25, 0.3) is 11.6 Å². The molecule has 4 nitrogen and oxygen atoms in total. The number of hydrogen-bond acceptors (Lipinski definition) is 4. The van der Waals surface area contributed by atoms with Crippen molar-refractivity contribution in [2.45, 2.75) is 17.5 Å². The van der Waals surface area contributed by atoms with Gasteiger partial charge in [-0.3, -0.25) is 4.57 Å². The second-order valence-electron chi connectivity index (χ2n) is 4.60. The maximum absolute atomic E-state index is 12.9. The van der Waals surface area contributed by atoms with Crippen LogP contribution in [-0.2, 0) is 12.3 Å². The molecule has 0 radical (unpaired) electrons. The van der Waals surface area contributed by atoms with E-state index in [1.807, 2.05) is 16.7 Å². The van der Waals surface area contributed by atoms with E-state index in [9.17, 15) is 4.39 Å². The summed E-state index contributed by atoms with van der Waals surface area (Å²) in [7, 11) is 0. The number of allylic oxidation sites excluding steroid dienone is 1. The number of benzene rings is 1. The van der Waals surface area contributed by atoms with Crippen LogP contribution >= 0.6 is 11.8 Å². The summed E-state index contributed by atoms with van der Waals surface area (Å²) in [5.74, 6) is 1.80. The maximum Gasteiger partial charge on any atom is 0.200 e. The highest BCUT2D eigenvalue weighted by molar-refractivity contribution is 7.98. The third kappa shape index (κ3) is 3.12. The molecule has 0 aliphatic carbocycles. The van der Waals surface area contributed by atoms with Gasteiger partial charge in [-0.15, -0.1) is 16.8 Å². The van der Waals surface area contributed by atoms with E-state index in [-0.39, 0.29) is 5.82 Å². The Morgan fingerprint density at radius 2 is 2.05 bits per heavy atom. The van der Waals surface area contributed by atoms with Crippen molar-refractivity contribution in [1.29, 1.82) is 0 Å². The topological polar surface area (TPSA) is 43.9 Å². The molecule has 0 fully saturated rings. The number of thioether (sulfide) groups is 1. The minimum absolute atomic E-state index is 0.233. The van der Waals surface area contributed by atoms with Crippen molar-refractivity contribution < 1.29 is 8.81 Å². The zero-order valence-electron chi connectivity index (χ0n) is 11.8. The zero-order chi connectivity index (χ0) is 15.4. The average molecular weight is 315 g/mol. The van der Waals surface area contributed by atoms with Crippen LogP contribution < -0.4 is 0 Å². The molecule has 0 unspecified atom stereocenters. The summed E-state index contributed by atoms with van der Waals surface area (Å²) < 4.78 is 20.3. The second-order valence-corrected chi connectivity index (χ2v) is 5.54. The van der Waals surface area contributed by atoms with Crippen molar-refractivity contribution in [2.24, 2.45) is 0 Å². The fourth-order valence-electron chi connectivity index (χ4n) is 2.01. The van der Waals surface area contributed by atoms with E-state index in [1.54, 1.807) is 36.2 Å². The predicted molar refractivity (Wildman–Crippen MR) is 83.9 cm³/mol. The van der Waals surface area contributed by atoms with E-state index >= 15 is 0 Å². The standard InChI is InChI=1S/C16H14FN3OS/c1-2-9-20-15(14-4-3-10-21-14)18-19-16(20)22-11-12-5-7-13(17)8-6-12/h2-8,10H,1,9,11H2. The highest BCUT2D eigenvalue weighted by atomic mass is 32.2. The number of aromatic nitrogens is 3. The van der Waals surface area contributed by atoms with Gasteiger partial charge in [-0.25, -0.2) is 4.39 Å². The van der Waals surface area contributed by atoms with Crippen LogP contribution in [0.4, 0.5) is 4.39 Å². The molecule has 0 aliphatic heterocycles. The first kappa shape index (κ1) is 14.6. The van der Waals surface area contributed by atoms with Gasteiger partial charge in [0.15, 0.2) is 10.9 Å². The summed E-state index contributed by atoms with van der Waals surface area (Å²) in [6.45, 7) is 4.36. The first-order chi connectivity index (χ1) is 10.8. The Kier molecular flexibility index (Phi) is 4.39. The molecule has 1 aromatic carbocycles. The van der Waals surface area contributed by atoms with Gasteiger partial charge in [0.25, 0.3) is 0 Å². The van der Waals surface area contributed by atoms with Gasteiger partial charge in [-0.05, 0) is 29.8 Å². The average Bonchev–Trinajstić information content (AvgIpc) is 3.17. The monoisotopic (exact) mass is 315 g/mol. The van der Waals surface area contributed by atoms with Gasteiger partial charge < -0.3 is 4.42 Å². The molecule has 3 aromatic rings. The highest BCUT2D eigenvalue weighted by Gasteiger charge is 2.15. The maximum atomic E-state index is 12.9. The molecule has 22 heavy (non-hydrogen) atoms. The lowest BCUT2D eigenvalue weighted by Gasteiger charge is -2.06. The zero-order valence-corrected chi connectivity index (χ0v) is 12.6. The molecule has 0 spiro atoms. The van der Waals surface area contributed by atoms with Crippen molar-refractivity contribution in [3.05, 3.63) is 66.7 Å². The molecule has 0 bridgehead atoms. The van der Waals surface area contributed by atoms with E-state index in [2.05, 4.69) is 16.8 Å². The Labute approximate surface area is 131 Å². The summed E-state index contributed by atoms with van der Waals surface area (Å²) in [6, 6.07) is 10.1. The Hall–Kier alpha value is -2.34. The normalized spacial score (nSPS) is 10.8. The molecular formula is C16H14FN3OS. The minimum atomic E-state index is -0.233. The third-order valence-corrected chi connectivity index (χ3v) is 4.09. The molecule has 2 heterocycles. The number of rotatable bonds is 6. The van der Waals surface area contributed by atoms with Crippen LogP contribution in [0, 0.1) is 5.82 Å². The molecule has 0 N–H and O–H groups in total. The van der Waals surface area contributed by atoms with Crippen molar-refractivity contribution in [1.82, 2.24) is 14.8 Å². The SMILES string of the molecule is C=CCn1c(SCc2ccc(F)cc2)nnc1-c1ccco1. The molecule has 0 amide bonds. The predicted octanol–water partition coefficient (Wildman–Crippen LogP) is 4.16. The number of halogens is 1. The number of furan rings is 1. The Balaban J connectivity index is 1.81. The van der Waals surface area contributed by atoms with E-state index < -0.39 is 0 Å². The minimum Gasteiger partial charge on any atom is -0.461 e. The van der Waals surface area contributed by atoms with E-state index in [1.165, 1.54) is 12.1 Å². The van der Waals surface area contributed by atoms with Crippen LogP contribution in [0.2, 0.25) is 0 Å². The van der Waals surface area contributed by atoms with Gasteiger partial charge in [0.05, 0.1) is 6.26 Å². The molecule has 112 valence electrons. The van der Waals surface area contributed by atoms with Crippen LogP contribution in [-0.4, -0.2) is 14.8 Å². The fourth-order valence-corrected chi connectivity index (χ4v) is 2.91. The van der Waals surface area contributed by atoms with Crippen LogP contribution in [0.1, 0.15) is 5.56 Å². The third-order valence-electron chi connectivity index (χ3n) is 3.05. The lowest BCUT2D eigenvalue weighted by Crippen LogP contribution is -2.00. The largest absolute Gasteiger partial charge is 0.461 e. The summed E-state index contributed by atoms with van der Waals surface area (Å²) in [6.07, 6.45) is 3.39. The van der Waals surface area contributed by atoms with Gasteiger partial charge in [0.2, 0.25) is 5.82 Å². The van der Waals surface area contributed by atoms with Crippen LogP contribution in [0.5, 0.6) is 0 Å². The summed E-state index contributed by atoms with van der Waals surface area (Å²) in [5, 5.41) is 9.19. The van der Waals surface area contributed by atoms with Crippen molar-refractivity contribution in [3.63, 3.8) is 0 Å². The Bertz CT molecular complexity index is 750. The highest BCUT2D eigenvalue weighted by Crippen LogP contribution is 2.26.